The lowest BCUT2D eigenvalue weighted by molar-refractivity contribution is -0.391. The maximum absolute atomic E-state index is 13.5. The number of urea groups is 1. The third-order valence-electron chi connectivity index (χ3n) is 4.63. The number of halogens is 4. The van der Waals surface area contributed by atoms with Crippen LogP contribution in [-0.4, -0.2) is 22.8 Å². The Labute approximate surface area is 183 Å². The standard InChI is InChI=1S/C21H17F4N3O3S/c1-12-11-28(15-8-9-16-17(10-15)31-21(24,25)20(22,23)30-16)19(32-12)27-18(29)26-13(2)14-6-4-3-5-7-14/h3-11,13H,1-2H3,(H,26,29)/b27-19-/t13-/m0/s1. The number of aromatic nitrogens is 1. The van der Waals surface area contributed by atoms with Gasteiger partial charge in [0.05, 0.1) is 11.7 Å². The Balaban J connectivity index is 1.64. The van der Waals surface area contributed by atoms with Crippen molar-refractivity contribution < 1.29 is 31.8 Å². The highest BCUT2D eigenvalue weighted by Crippen LogP contribution is 2.47. The molecule has 6 nitrogen and oxygen atoms in total. The second kappa shape index (κ2) is 7.97. The molecule has 4 rings (SSSR count). The molecule has 1 aliphatic rings. The van der Waals surface area contributed by atoms with Gasteiger partial charge in [-0.3, -0.25) is 4.57 Å². The van der Waals surface area contributed by atoms with Crippen LogP contribution in [-0.2, 0) is 0 Å². The summed E-state index contributed by atoms with van der Waals surface area (Å²) in [5.41, 5.74) is 1.18. The second-order valence-electron chi connectivity index (χ2n) is 7.06. The quantitative estimate of drug-likeness (QED) is 0.540. The first-order valence-electron chi connectivity index (χ1n) is 9.43. The van der Waals surface area contributed by atoms with Gasteiger partial charge in [-0.2, -0.15) is 22.6 Å². The summed E-state index contributed by atoms with van der Waals surface area (Å²) in [7, 11) is 0. The third-order valence-corrected chi connectivity index (χ3v) is 5.52. The molecule has 1 N–H and O–H groups in total. The van der Waals surface area contributed by atoms with E-state index in [-0.39, 0.29) is 16.5 Å². The summed E-state index contributed by atoms with van der Waals surface area (Å²) < 4.78 is 63.6. The van der Waals surface area contributed by atoms with Crippen molar-refractivity contribution in [1.82, 2.24) is 9.88 Å². The number of aryl methyl sites for hydroxylation is 1. The first-order chi connectivity index (χ1) is 15.1. The average molecular weight is 467 g/mol. The Kier molecular flexibility index (Phi) is 5.45. The molecule has 0 aliphatic carbocycles. The van der Waals surface area contributed by atoms with E-state index in [9.17, 15) is 22.4 Å². The molecular weight excluding hydrogens is 450 g/mol. The van der Waals surface area contributed by atoms with Gasteiger partial charge in [0.25, 0.3) is 0 Å². The molecule has 0 spiro atoms. The van der Waals surface area contributed by atoms with Crippen molar-refractivity contribution >= 4 is 17.4 Å². The Bertz CT molecular complexity index is 1220. The van der Waals surface area contributed by atoms with Crippen LogP contribution in [0.2, 0.25) is 0 Å². The lowest BCUT2D eigenvalue weighted by Crippen LogP contribution is -2.52. The molecule has 32 heavy (non-hydrogen) atoms. The lowest BCUT2D eigenvalue weighted by Gasteiger charge is -2.31. The SMILES string of the molecule is Cc1cn(-c2ccc3c(c2)OC(F)(F)C(F)(F)O3)/c(=N/C(=O)N[C@@H](C)c2ccccc2)s1. The van der Waals surface area contributed by atoms with Crippen molar-refractivity contribution in [1.29, 1.82) is 0 Å². The minimum absolute atomic E-state index is 0.258. The van der Waals surface area contributed by atoms with Crippen LogP contribution >= 0.6 is 11.3 Å². The molecule has 2 heterocycles. The summed E-state index contributed by atoms with van der Waals surface area (Å²) in [4.78, 5) is 17.6. The highest BCUT2D eigenvalue weighted by molar-refractivity contribution is 7.09. The number of benzene rings is 2. The van der Waals surface area contributed by atoms with Crippen LogP contribution in [0, 0.1) is 6.92 Å². The van der Waals surface area contributed by atoms with E-state index in [1.54, 1.807) is 13.1 Å². The number of carbonyl (C=O) groups excluding carboxylic acids is 1. The molecule has 1 aliphatic heterocycles. The summed E-state index contributed by atoms with van der Waals surface area (Å²) in [6.45, 7) is 3.59. The predicted molar refractivity (Wildman–Crippen MR) is 108 cm³/mol. The molecule has 0 fully saturated rings. The van der Waals surface area contributed by atoms with Crippen LogP contribution in [0.15, 0.2) is 59.7 Å². The first-order valence-corrected chi connectivity index (χ1v) is 10.2. The van der Waals surface area contributed by atoms with Gasteiger partial charge in [0.15, 0.2) is 16.3 Å². The minimum Gasteiger partial charge on any atom is -0.421 e. The molecule has 11 heteroatoms. The van der Waals surface area contributed by atoms with Crippen molar-refractivity contribution in [2.75, 3.05) is 0 Å². The highest BCUT2D eigenvalue weighted by Gasteiger charge is 2.65. The van der Waals surface area contributed by atoms with Crippen molar-refractivity contribution in [3.05, 3.63) is 70.0 Å². The van der Waals surface area contributed by atoms with E-state index in [2.05, 4.69) is 19.8 Å². The molecule has 1 aromatic heterocycles. The number of rotatable bonds is 3. The molecule has 2 aromatic carbocycles. The fourth-order valence-electron chi connectivity index (χ4n) is 3.05. The number of alkyl halides is 4. The summed E-state index contributed by atoms with van der Waals surface area (Å²) in [5, 5.41) is 2.76. The highest BCUT2D eigenvalue weighted by atomic mass is 32.1. The fraction of sp³-hybridized carbons (Fsp3) is 0.238. The van der Waals surface area contributed by atoms with Gasteiger partial charge in [0.2, 0.25) is 0 Å². The zero-order chi connectivity index (χ0) is 23.1. The Morgan fingerprint density at radius 1 is 1.06 bits per heavy atom. The number of amides is 2. The van der Waals surface area contributed by atoms with Crippen LogP contribution in [0.3, 0.4) is 0 Å². The molecule has 0 saturated heterocycles. The van der Waals surface area contributed by atoms with Gasteiger partial charge >= 0.3 is 18.2 Å². The van der Waals surface area contributed by atoms with Gasteiger partial charge in [-0.15, -0.1) is 11.3 Å². The van der Waals surface area contributed by atoms with Crippen LogP contribution in [0.1, 0.15) is 23.4 Å². The minimum atomic E-state index is -4.82. The summed E-state index contributed by atoms with van der Waals surface area (Å²) >= 11 is 1.19. The van der Waals surface area contributed by atoms with E-state index >= 15 is 0 Å². The molecule has 3 aromatic rings. The van der Waals surface area contributed by atoms with Crippen molar-refractivity contribution in [2.45, 2.75) is 32.1 Å². The number of hydrogen-bond acceptors (Lipinski definition) is 4. The zero-order valence-corrected chi connectivity index (χ0v) is 17.6. The average Bonchev–Trinajstić information content (AvgIpc) is 3.08. The number of hydrogen-bond donors (Lipinski definition) is 1. The Morgan fingerprint density at radius 3 is 2.41 bits per heavy atom. The maximum Gasteiger partial charge on any atom is 0.507 e. The smallest absolute Gasteiger partial charge is 0.421 e. The predicted octanol–water partition coefficient (Wildman–Crippen LogP) is 5.18. The first kappa shape index (κ1) is 21.9. The van der Waals surface area contributed by atoms with E-state index in [0.29, 0.717) is 0 Å². The van der Waals surface area contributed by atoms with Gasteiger partial charge < -0.3 is 14.8 Å². The van der Waals surface area contributed by atoms with Gasteiger partial charge in [-0.05, 0) is 31.5 Å². The van der Waals surface area contributed by atoms with Gasteiger partial charge in [-0.25, -0.2) is 4.79 Å². The Hall–Kier alpha value is -3.34. The monoisotopic (exact) mass is 467 g/mol. The van der Waals surface area contributed by atoms with Crippen molar-refractivity contribution in [3.63, 3.8) is 0 Å². The largest absolute Gasteiger partial charge is 0.507 e. The molecular formula is C21H17F4N3O3S. The Morgan fingerprint density at radius 2 is 1.72 bits per heavy atom. The van der Waals surface area contributed by atoms with Crippen LogP contribution < -0.4 is 19.6 Å². The molecule has 0 unspecified atom stereocenters. The van der Waals surface area contributed by atoms with E-state index < -0.39 is 29.7 Å². The molecule has 2 amide bonds. The zero-order valence-electron chi connectivity index (χ0n) is 16.8. The maximum atomic E-state index is 13.5. The second-order valence-corrected chi connectivity index (χ2v) is 8.27. The normalized spacial score (nSPS) is 17.6. The van der Waals surface area contributed by atoms with E-state index in [4.69, 9.17) is 0 Å². The fourth-order valence-corrected chi connectivity index (χ4v) is 3.88. The van der Waals surface area contributed by atoms with Crippen LogP contribution in [0.4, 0.5) is 22.4 Å². The van der Waals surface area contributed by atoms with E-state index in [0.717, 1.165) is 22.6 Å². The van der Waals surface area contributed by atoms with Crippen molar-refractivity contribution in [3.8, 4) is 17.2 Å². The summed E-state index contributed by atoms with van der Waals surface area (Å²) in [5.74, 6) is -1.08. The molecule has 0 saturated carbocycles. The topological polar surface area (TPSA) is 64.8 Å². The third kappa shape index (κ3) is 4.20. The summed E-state index contributed by atoms with van der Waals surface area (Å²) in [6, 6.07) is 12.0. The van der Waals surface area contributed by atoms with E-state index in [1.807, 2.05) is 37.3 Å². The number of nitrogens with one attached hydrogen (secondary N) is 1. The van der Waals surface area contributed by atoms with Gasteiger partial charge in [0, 0.05) is 17.1 Å². The number of ether oxygens (including phenoxy) is 2. The molecule has 168 valence electrons. The molecule has 0 bridgehead atoms. The number of carbonyl (C=O) groups is 1. The van der Waals surface area contributed by atoms with Gasteiger partial charge in [-0.1, -0.05) is 30.3 Å². The lowest BCUT2D eigenvalue weighted by atomic mass is 10.1. The molecule has 0 radical (unpaired) electrons. The number of nitrogens with zero attached hydrogens (tertiary/aromatic N) is 2. The van der Waals surface area contributed by atoms with E-state index in [1.165, 1.54) is 22.0 Å². The number of thiazole rings is 1. The van der Waals surface area contributed by atoms with Crippen LogP contribution in [0.5, 0.6) is 11.5 Å². The summed E-state index contributed by atoms with van der Waals surface area (Å²) in [6.07, 6.45) is -7.98. The molecule has 1 atom stereocenters. The van der Waals surface area contributed by atoms with Gasteiger partial charge in [0.1, 0.15) is 0 Å². The van der Waals surface area contributed by atoms with Crippen molar-refractivity contribution in [2.24, 2.45) is 4.99 Å². The van der Waals surface area contributed by atoms with Crippen LogP contribution in [0.25, 0.3) is 5.69 Å². The number of fused-ring (bicyclic) bond motifs is 1.